The summed E-state index contributed by atoms with van der Waals surface area (Å²) in [5.41, 5.74) is 0.824. The number of amides is 1. The highest BCUT2D eigenvalue weighted by Gasteiger charge is 2.21. The van der Waals surface area contributed by atoms with E-state index in [1.807, 2.05) is 6.26 Å². The zero-order chi connectivity index (χ0) is 13.5. The van der Waals surface area contributed by atoms with Gasteiger partial charge in [0.2, 0.25) is 0 Å². The van der Waals surface area contributed by atoms with Gasteiger partial charge in [0.05, 0.1) is 11.3 Å². The lowest BCUT2D eigenvalue weighted by atomic mass is 10.2. The van der Waals surface area contributed by atoms with Crippen LogP contribution in [0.1, 0.15) is 22.5 Å². The van der Waals surface area contributed by atoms with E-state index in [-0.39, 0.29) is 0 Å². The van der Waals surface area contributed by atoms with Gasteiger partial charge in [0, 0.05) is 6.20 Å². The Morgan fingerprint density at radius 2 is 2.28 bits per heavy atom. The van der Waals surface area contributed by atoms with Crippen molar-refractivity contribution in [3.8, 4) is 0 Å². The summed E-state index contributed by atoms with van der Waals surface area (Å²) in [4.78, 5) is 30.5. The van der Waals surface area contributed by atoms with E-state index < -0.39 is 17.9 Å². The number of carbonyl (C=O) groups is 2. The molecule has 18 heavy (non-hydrogen) atoms. The van der Waals surface area contributed by atoms with Crippen LogP contribution in [0.5, 0.6) is 0 Å². The number of hydrogen-bond acceptors (Lipinski definition) is 5. The number of aromatic nitrogens is 2. The summed E-state index contributed by atoms with van der Waals surface area (Å²) < 4.78 is 0. The van der Waals surface area contributed by atoms with Crippen LogP contribution in [0.4, 0.5) is 0 Å². The molecule has 0 aromatic carbocycles. The van der Waals surface area contributed by atoms with Gasteiger partial charge in [-0.05, 0) is 25.4 Å². The van der Waals surface area contributed by atoms with Crippen LogP contribution in [0.2, 0.25) is 0 Å². The van der Waals surface area contributed by atoms with Crippen LogP contribution in [-0.2, 0) is 4.79 Å². The minimum absolute atomic E-state index is 0.299. The van der Waals surface area contributed by atoms with Crippen molar-refractivity contribution in [2.75, 3.05) is 12.0 Å². The van der Waals surface area contributed by atoms with Crippen LogP contribution in [0.3, 0.4) is 0 Å². The van der Waals surface area contributed by atoms with Crippen molar-refractivity contribution >= 4 is 23.6 Å². The lowest BCUT2D eigenvalue weighted by Gasteiger charge is -2.14. The molecule has 0 bridgehead atoms. The fraction of sp³-hybridized carbons (Fsp3) is 0.455. The highest BCUT2D eigenvalue weighted by atomic mass is 32.2. The molecule has 98 valence electrons. The van der Waals surface area contributed by atoms with E-state index in [2.05, 4.69) is 15.3 Å². The van der Waals surface area contributed by atoms with E-state index in [1.54, 1.807) is 6.92 Å². The number of thioether (sulfide) groups is 1. The first-order valence-corrected chi connectivity index (χ1v) is 6.75. The molecule has 0 unspecified atom stereocenters. The third kappa shape index (κ3) is 3.99. The molecule has 1 aromatic rings. The zero-order valence-electron chi connectivity index (χ0n) is 10.2. The van der Waals surface area contributed by atoms with Gasteiger partial charge in [-0.15, -0.1) is 0 Å². The van der Waals surface area contributed by atoms with Crippen LogP contribution in [0.25, 0.3) is 0 Å². The lowest BCUT2D eigenvalue weighted by molar-refractivity contribution is -0.139. The van der Waals surface area contributed by atoms with Gasteiger partial charge in [0.1, 0.15) is 12.4 Å². The van der Waals surface area contributed by atoms with E-state index >= 15 is 0 Å². The standard InChI is InChI=1S/C11H15N3O3S/c1-7-8(5-12-6-13-7)10(15)14-9(11(16)17)3-4-18-2/h5-6,9H,3-4H2,1-2H3,(H,14,15)(H,16,17)/t9-/m0/s1. The highest BCUT2D eigenvalue weighted by molar-refractivity contribution is 7.98. The van der Waals surface area contributed by atoms with Gasteiger partial charge in [0.15, 0.2) is 0 Å². The van der Waals surface area contributed by atoms with Crippen LogP contribution >= 0.6 is 11.8 Å². The van der Waals surface area contributed by atoms with Gasteiger partial charge in [0.25, 0.3) is 5.91 Å². The third-order valence-electron chi connectivity index (χ3n) is 2.37. The molecule has 0 spiro atoms. The quantitative estimate of drug-likeness (QED) is 0.790. The van der Waals surface area contributed by atoms with Gasteiger partial charge < -0.3 is 10.4 Å². The number of hydrogen-bond donors (Lipinski definition) is 2. The third-order valence-corrected chi connectivity index (χ3v) is 3.01. The van der Waals surface area contributed by atoms with Crippen molar-refractivity contribution in [2.45, 2.75) is 19.4 Å². The Morgan fingerprint density at radius 1 is 1.56 bits per heavy atom. The monoisotopic (exact) mass is 269 g/mol. The lowest BCUT2D eigenvalue weighted by Crippen LogP contribution is -2.41. The van der Waals surface area contributed by atoms with Crippen molar-refractivity contribution in [2.24, 2.45) is 0 Å². The molecule has 7 heteroatoms. The molecule has 0 fully saturated rings. The molecule has 0 aliphatic rings. The molecule has 1 heterocycles. The molecule has 0 aliphatic carbocycles. The second-order valence-corrected chi connectivity index (χ2v) is 4.65. The van der Waals surface area contributed by atoms with Gasteiger partial charge in [-0.25, -0.2) is 14.8 Å². The largest absolute Gasteiger partial charge is 0.480 e. The number of carboxylic acids is 1. The molecule has 2 N–H and O–H groups in total. The number of rotatable bonds is 6. The Kier molecular flexibility index (Phi) is 5.57. The number of aryl methyl sites for hydroxylation is 1. The minimum atomic E-state index is -1.04. The molecule has 1 rings (SSSR count). The molecule has 1 aromatic heterocycles. The van der Waals surface area contributed by atoms with Crippen molar-refractivity contribution in [3.05, 3.63) is 23.8 Å². The molecule has 1 atom stereocenters. The average Bonchev–Trinajstić information content (AvgIpc) is 2.34. The van der Waals surface area contributed by atoms with E-state index in [0.717, 1.165) is 0 Å². The SMILES string of the molecule is CSCC[C@H](NC(=O)c1cncnc1C)C(=O)O. The zero-order valence-corrected chi connectivity index (χ0v) is 11.0. The fourth-order valence-corrected chi connectivity index (χ4v) is 1.81. The van der Waals surface area contributed by atoms with Gasteiger partial charge in [-0.2, -0.15) is 11.8 Å². The van der Waals surface area contributed by atoms with E-state index in [0.29, 0.717) is 23.4 Å². The minimum Gasteiger partial charge on any atom is -0.480 e. The number of nitrogens with one attached hydrogen (secondary N) is 1. The van der Waals surface area contributed by atoms with Crippen molar-refractivity contribution in [1.82, 2.24) is 15.3 Å². The first-order valence-electron chi connectivity index (χ1n) is 5.35. The maximum atomic E-state index is 11.9. The Bertz CT molecular complexity index is 439. The summed E-state index contributed by atoms with van der Waals surface area (Å²) in [5, 5.41) is 11.5. The van der Waals surface area contributed by atoms with Gasteiger partial charge in [-0.3, -0.25) is 4.79 Å². The number of carbonyl (C=O) groups excluding carboxylic acids is 1. The number of nitrogens with zero attached hydrogens (tertiary/aromatic N) is 2. The Labute approximate surface area is 109 Å². The highest BCUT2D eigenvalue weighted by Crippen LogP contribution is 2.05. The summed E-state index contributed by atoms with van der Waals surface area (Å²) in [6.45, 7) is 1.67. The predicted octanol–water partition coefficient (Wildman–Crippen LogP) is 0.721. The topological polar surface area (TPSA) is 92.2 Å². The normalized spacial score (nSPS) is 11.9. The first kappa shape index (κ1) is 14.4. The second kappa shape index (κ2) is 6.95. The van der Waals surface area contributed by atoms with Crippen LogP contribution in [-0.4, -0.2) is 45.0 Å². The van der Waals surface area contributed by atoms with Crippen LogP contribution < -0.4 is 5.32 Å². The summed E-state index contributed by atoms with van der Waals surface area (Å²) in [6, 6.07) is -0.885. The summed E-state index contributed by atoms with van der Waals surface area (Å²) >= 11 is 1.53. The molecule has 0 saturated carbocycles. The van der Waals surface area contributed by atoms with Gasteiger partial charge in [-0.1, -0.05) is 0 Å². The summed E-state index contributed by atoms with van der Waals surface area (Å²) in [6.07, 6.45) is 4.99. The maximum Gasteiger partial charge on any atom is 0.326 e. The van der Waals surface area contributed by atoms with Crippen molar-refractivity contribution < 1.29 is 14.7 Å². The number of carboxylic acid groups (broad SMARTS) is 1. The molecule has 0 aliphatic heterocycles. The second-order valence-electron chi connectivity index (χ2n) is 3.67. The van der Waals surface area contributed by atoms with E-state index in [4.69, 9.17) is 5.11 Å². The Hall–Kier alpha value is -1.63. The van der Waals surface area contributed by atoms with E-state index in [1.165, 1.54) is 24.3 Å². The van der Waals surface area contributed by atoms with Crippen molar-refractivity contribution in [3.63, 3.8) is 0 Å². The van der Waals surface area contributed by atoms with Gasteiger partial charge >= 0.3 is 5.97 Å². The maximum absolute atomic E-state index is 11.9. The first-order chi connectivity index (χ1) is 8.56. The van der Waals surface area contributed by atoms with Crippen LogP contribution in [0, 0.1) is 6.92 Å². The predicted molar refractivity (Wildman–Crippen MR) is 68.7 cm³/mol. The molecule has 0 radical (unpaired) electrons. The summed E-state index contributed by atoms with van der Waals surface area (Å²) in [5.74, 6) is -0.824. The Balaban J connectivity index is 2.72. The van der Waals surface area contributed by atoms with Crippen molar-refractivity contribution in [1.29, 1.82) is 0 Å². The van der Waals surface area contributed by atoms with E-state index in [9.17, 15) is 9.59 Å². The molecule has 1 amide bonds. The molecule has 0 saturated heterocycles. The Morgan fingerprint density at radius 3 is 2.83 bits per heavy atom. The molecular weight excluding hydrogens is 254 g/mol. The fourth-order valence-electron chi connectivity index (χ4n) is 1.34. The molecule has 6 nitrogen and oxygen atoms in total. The average molecular weight is 269 g/mol. The molecular formula is C11H15N3O3S. The smallest absolute Gasteiger partial charge is 0.326 e. The van der Waals surface area contributed by atoms with Crippen LogP contribution in [0.15, 0.2) is 12.5 Å². The number of aliphatic carboxylic acids is 1. The summed E-state index contributed by atoms with van der Waals surface area (Å²) in [7, 11) is 0.